The van der Waals surface area contributed by atoms with Crippen molar-refractivity contribution < 1.29 is 19.1 Å². The van der Waals surface area contributed by atoms with Crippen molar-refractivity contribution in [3.63, 3.8) is 0 Å². The highest BCUT2D eigenvalue weighted by Crippen LogP contribution is 2.25. The maximum absolute atomic E-state index is 12.1. The molecule has 0 fully saturated rings. The number of rotatable bonds is 8. The van der Waals surface area contributed by atoms with Crippen LogP contribution in [0.1, 0.15) is 23.6 Å². The second-order valence-corrected chi connectivity index (χ2v) is 6.63. The van der Waals surface area contributed by atoms with Gasteiger partial charge in [-0.1, -0.05) is 59.6 Å². The fraction of sp³-hybridized carbons (Fsp3) is 0.211. The number of carbonyl (C=O) groups is 3. The second kappa shape index (κ2) is 10.5. The van der Waals surface area contributed by atoms with Crippen molar-refractivity contribution in [3.05, 3.63) is 69.7 Å². The SMILES string of the molecule is NC(=O)NC(CC(=O)OCC(=O)NCc1ccccc1Cl)c1ccccc1Cl. The fourth-order valence-electron chi connectivity index (χ4n) is 2.43. The Bertz CT molecular complexity index is 861. The quantitative estimate of drug-likeness (QED) is 0.566. The van der Waals surface area contributed by atoms with Crippen LogP contribution in [0, 0.1) is 0 Å². The lowest BCUT2D eigenvalue weighted by atomic mass is 10.0. The van der Waals surface area contributed by atoms with Crippen LogP contribution in [0.25, 0.3) is 0 Å². The second-order valence-electron chi connectivity index (χ2n) is 5.82. The highest BCUT2D eigenvalue weighted by molar-refractivity contribution is 6.31. The number of benzene rings is 2. The third-order valence-electron chi connectivity index (χ3n) is 3.77. The van der Waals surface area contributed by atoms with Gasteiger partial charge in [-0.25, -0.2) is 4.79 Å². The summed E-state index contributed by atoms with van der Waals surface area (Å²) >= 11 is 12.1. The van der Waals surface area contributed by atoms with Gasteiger partial charge in [-0.2, -0.15) is 0 Å². The molecule has 1 atom stereocenters. The molecule has 2 rings (SSSR count). The zero-order chi connectivity index (χ0) is 20.5. The van der Waals surface area contributed by atoms with Crippen molar-refractivity contribution >= 4 is 41.1 Å². The lowest BCUT2D eigenvalue weighted by Crippen LogP contribution is -2.35. The summed E-state index contributed by atoms with van der Waals surface area (Å²) in [4.78, 5) is 35.2. The normalized spacial score (nSPS) is 11.4. The summed E-state index contributed by atoms with van der Waals surface area (Å²) in [5.41, 5.74) is 6.43. The molecule has 0 aliphatic heterocycles. The van der Waals surface area contributed by atoms with Gasteiger partial charge in [-0.3, -0.25) is 9.59 Å². The Morgan fingerprint density at radius 2 is 1.64 bits per heavy atom. The van der Waals surface area contributed by atoms with Crippen LogP contribution in [-0.2, 0) is 20.9 Å². The standard InChI is InChI=1S/C19H19Cl2N3O4/c20-14-7-3-1-5-12(14)10-23-17(25)11-28-18(26)9-16(24-19(22)27)13-6-2-4-8-15(13)21/h1-8,16H,9-11H2,(H,23,25)(H3,22,24,27). The van der Waals surface area contributed by atoms with Gasteiger partial charge in [0, 0.05) is 16.6 Å². The summed E-state index contributed by atoms with van der Waals surface area (Å²) in [6.45, 7) is -0.253. The molecule has 9 heteroatoms. The van der Waals surface area contributed by atoms with Crippen molar-refractivity contribution in [2.24, 2.45) is 5.73 Å². The number of nitrogens with two attached hydrogens (primary N) is 1. The number of urea groups is 1. The first-order chi connectivity index (χ1) is 13.4. The van der Waals surface area contributed by atoms with Gasteiger partial charge in [-0.05, 0) is 23.3 Å². The van der Waals surface area contributed by atoms with Gasteiger partial charge < -0.3 is 21.1 Å². The summed E-state index contributed by atoms with van der Waals surface area (Å²) in [5.74, 6) is -1.17. The average molecular weight is 424 g/mol. The number of ether oxygens (including phenoxy) is 1. The number of nitrogens with one attached hydrogen (secondary N) is 2. The zero-order valence-electron chi connectivity index (χ0n) is 14.8. The van der Waals surface area contributed by atoms with E-state index < -0.39 is 30.6 Å². The van der Waals surface area contributed by atoms with E-state index in [0.29, 0.717) is 15.6 Å². The fourth-order valence-corrected chi connectivity index (χ4v) is 2.90. The largest absolute Gasteiger partial charge is 0.456 e. The highest BCUT2D eigenvalue weighted by Gasteiger charge is 2.21. The van der Waals surface area contributed by atoms with Crippen LogP contribution in [0.5, 0.6) is 0 Å². The third kappa shape index (κ3) is 6.75. The number of hydrogen-bond donors (Lipinski definition) is 3. The van der Waals surface area contributed by atoms with E-state index in [-0.39, 0.29) is 13.0 Å². The zero-order valence-corrected chi connectivity index (χ0v) is 16.3. The van der Waals surface area contributed by atoms with Gasteiger partial charge in [0.2, 0.25) is 0 Å². The number of esters is 1. The van der Waals surface area contributed by atoms with Crippen LogP contribution < -0.4 is 16.4 Å². The third-order valence-corrected chi connectivity index (χ3v) is 4.48. The smallest absolute Gasteiger partial charge is 0.312 e. The summed E-state index contributed by atoms with van der Waals surface area (Å²) in [7, 11) is 0. The Morgan fingerprint density at radius 1 is 1.00 bits per heavy atom. The van der Waals surface area contributed by atoms with E-state index >= 15 is 0 Å². The molecule has 1 unspecified atom stereocenters. The van der Waals surface area contributed by atoms with Crippen molar-refractivity contribution in [2.45, 2.75) is 19.0 Å². The van der Waals surface area contributed by atoms with Gasteiger partial charge in [-0.15, -0.1) is 0 Å². The molecule has 0 radical (unpaired) electrons. The van der Waals surface area contributed by atoms with Crippen LogP contribution in [0.3, 0.4) is 0 Å². The molecule has 4 N–H and O–H groups in total. The number of carbonyl (C=O) groups excluding carboxylic acids is 3. The maximum Gasteiger partial charge on any atom is 0.312 e. The Balaban J connectivity index is 1.87. The van der Waals surface area contributed by atoms with Crippen molar-refractivity contribution in [1.29, 1.82) is 0 Å². The van der Waals surface area contributed by atoms with Gasteiger partial charge in [0.15, 0.2) is 6.61 Å². The van der Waals surface area contributed by atoms with E-state index in [1.165, 1.54) is 0 Å². The molecule has 0 spiro atoms. The van der Waals surface area contributed by atoms with Gasteiger partial charge in [0.1, 0.15) is 0 Å². The van der Waals surface area contributed by atoms with E-state index in [0.717, 1.165) is 5.56 Å². The lowest BCUT2D eigenvalue weighted by molar-refractivity contribution is -0.149. The average Bonchev–Trinajstić information content (AvgIpc) is 2.65. The molecule has 0 aliphatic rings. The van der Waals surface area contributed by atoms with E-state index in [9.17, 15) is 14.4 Å². The number of primary amides is 1. The van der Waals surface area contributed by atoms with Gasteiger partial charge in [0.25, 0.3) is 5.91 Å². The Hall–Kier alpha value is -2.77. The predicted molar refractivity (Wildman–Crippen MR) is 106 cm³/mol. The predicted octanol–water partition coefficient (Wildman–Crippen LogP) is 2.95. The minimum absolute atomic E-state index is 0.210. The Morgan fingerprint density at radius 3 is 2.29 bits per heavy atom. The van der Waals surface area contributed by atoms with Crippen molar-refractivity contribution in [2.75, 3.05) is 6.61 Å². The molecular weight excluding hydrogens is 405 g/mol. The number of hydrogen-bond acceptors (Lipinski definition) is 4. The van der Waals surface area contributed by atoms with Crippen LogP contribution in [0.2, 0.25) is 10.0 Å². The monoisotopic (exact) mass is 423 g/mol. The molecule has 3 amide bonds. The summed E-state index contributed by atoms with van der Waals surface area (Å²) in [6, 6.07) is 12.2. The Labute approximate surface area is 172 Å². The molecule has 0 saturated heterocycles. The van der Waals surface area contributed by atoms with Gasteiger partial charge >= 0.3 is 12.0 Å². The molecule has 0 saturated carbocycles. The lowest BCUT2D eigenvalue weighted by Gasteiger charge is -2.18. The number of halogens is 2. The Kier molecular flexibility index (Phi) is 8.10. The first-order valence-corrected chi connectivity index (χ1v) is 9.08. The minimum Gasteiger partial charge on any atom is -0.456 e. The molecule has 0 heterocycles. The topological polar surface area (TPSA) is 111 Å². The molecule has 2 aromatic carbocycles. The molecule has 0 aliphatic carbocycles. The van der Waals surface area contributed by atoms with E-state index in [4.69, 9.17) is 33.7 Å². The van der Waals surface area contributed by atoms with Crippen LogP contribution in [0.15, 0.2) is 48.5 Å². The molecule has 28 heavy (non-hydrogen) atoms. The van der Waals surface area contributed by atoms with E-state index in [2.05, 4.69) is 10.6 Å². The minimum atomic E-state index is -0.810. The molecule has 7 nitrogen and oxygen atoms in total. The summed E-state index contributed by atoms with van der Waals surface area (Å²) < 4.78 is 4.98. The molecule has 2 aromatic rings. The first-order valence-electron chi connectivity index (χ1n) is 8.33. The number of amides is 3. The van der Waals surface area contributed by atoms with E-state index in [1.807, 2.05) is 0 Å². The maximum atomic E-state index is 12.1. The van der Waals surface area contributed by atoms with E-state index in [1.54, 1.807) is 48.5 Å². The summed E-state index contributed by atoms with van der Waals surface area (Å²) in [5, 5.41) is 5.95. The summed E-state index contributed by atoms with van der Waals surface area (Å²) in [6.07, 6.45) is -0.232. The first kappa shape index (κ1) is 21.5. The highest BCUT2D eigenvalue weighted by atomic mass is 35.5. The van der Waals surface area contributed by atoms with Crippen LogP contribution >= 0.6 is 23.2 Å². The van der Waals surface area contributed by atoms with Crippen molar-refractivity contribution in [1.82, 2.24) is 10.6 Å². The van der Waals surface area contributed by atoms with Crippen LogP contribution in [0.4, 0.5) is 4.79 Å². The molecule has 148 valence electrons. The van der Waals surface area contributed by atoms with Crippen LogP contribution in [-0.4, -0.2) is 24.5 Å². The van der Waals surface area contributed by atoms with Gasteiger partial charge in [0.05, 0.1) is 12.5 Å². The molecule has 0 aromatic heterocycles. The molecule has 0 bridgehead atoms. The van der Waals surface area contributed by atoms with Crippen molar-refractivity contribution in [3.8, 4) is 0 Å². The molecular formula is C19H19Cl2N3O4.